The van der Waals surface area contributed by atoms with E-state index in [1.165, 1.54) is 24.3 Å². The molecule has 1 rings (SSSR count). The number of phenolic OH excluding ortho intramolecular Hbond substituents is 1. The Morgan fingerprint density at radius 1 is 1.00 bits per heavy atom. The van der Waals surface area contributed by atoms with Gasteiger partial charge in [-0.15, -0.1) is 0 Å². The van der Waals surface area contributed by atoms with Crippen LogP contribution in [-0.4, -0.2) is 71.1 Å². The van der Waals surface area contributed by atoms with E-state index in [4.69, 9.17) is 17.2 Å². The normalized spacial score (nSPS) is 13.3. The number of carboxylic acid groups (broad SMARTS) is 1. The van der Waals surface area contributed by atoms with Gasteiger partial charge in [-0.2, -0.15) is 0 Å². The molecular formula is C22H35N7O6. The molecule has 3 atom stereocenters. The van der Waals surface area contributed by atoms with Gasteiger partial charge in [0.25, 0.3) is 0 Å². The third-order valence-electron chi connectivity index (χ3n) is 5.03. The molecule has 3 amide bonds. The van der Waals surface area contributed by atoms with E-state index >= 15 is 0 Å². The number of phenols is 1. The van der Waals surface area contributed by atoms with Crippen LogP contribution in [-0.2, 0) is 25.6 Å². The summed E-state index contributed by atoms with van der Waals surface area (Å²) >= 11 is 0. The summed E-state index contributed by atoms with van der Waals surface area (Å²) in [5.74, 6) is -3.39. The first-order valence-corrected chi connectivity index (χ1v) is 11.1. The number of hydrogen-bond acceptors (Lipinski definition) is 7. The number of hydrogen-bond donors (Lipinski definition) is 8. The smallest absolute Gasteiger partial charge is 0.326 e. The molecule has 13 nitrogen and oxygen atoms in total. The number of amides is 3. The van der Waals surface area contributed by atoms with Gasteiger partial charge in [-0.25, -0.2) is 4.79 Å². The van der Waals surface area contributed by atoms with Crippen molar-refractivity contribution in [3.8, 4) is 5.75 Å². The van der Waals surface area contributed by atoms with Gasteiger partial charge in [0, 0.05) is 13.0 Å². The van der Waals surface area contributed by atoms with Crippen molar-refractivity contribution in [2.24, 2.45) is 28.1 Å². The number of aliphatic carboxylic acids is 1. The average molecular weight is 494 g/mol. The molecule has 3 unspecified atom stereocenters. The van der Waals surface area contributed by atoms with E-state index in [1.54, 1.807) is 13.8 Å². The van der Waals surface area contributed by atoms with Gasteiger partial charge in [-0.05, 0) is 36.5 Å². The zero-order valence-electron chi connectivity index (χ0n) is 19.9. The Morgan fingerprint density at radius 3 is 2.17 bits per heavy atom. The Balaban J connectivity index is 2.85. The van der Waals surface area contributed by atoms with Crippen LogP contribution in [0.4, 0.5) is 0 Å². The molecule has 0 bridgehead atoms. The number of aliphatic imine (C=N–C) groups is 1. The number of carbonyl (C=O) groups excluding carboxylic acids is 3. The molecule has 0 radical (unpaired) electrons. The monoisotopic (exact) mass is 493 g/mol. The number of carbonyl (C=O) groups is 4. The molecule has 13 heteroatoms. The van der Waals surface area contributed by atoms with Gasteiger partial charge in [0.1, 0.15) is 17.8 Å². The first-order valence-electron chi connectivity index (χ1n) is 11.1. The molecule has 194 valence electrons. The first-order chi connectivity index (χ1) is 16.4. The average Bonchev–Trinajstić information content (AvgIpc) is 2.79. The maximum Gasteiger partial charge on any atom is 0.326 e. The summed E-state index contributed by atoms with van der Waals surface area (Å²) in [6, 6.07) is 2.71. The Morgan fingerprint density at radius 2 is 1.63 bits per heavy atom. The summed E-state index contributed by atoms with van der Waals surface area (Å²) in [6.45, 7) is 3.31. The van der Waals surface area contributed by atoms with Crippen LogP contribution >= 0.6 is 0 Å². The number of nitrogens with zero attached hydrogens (tertiary/aromatic N) is 1. The number of nitrogens with one attached hydrogen (secondary N) is 3. The van der Waals surface area contributed by atoms with E-state index in [9.17, 15) is 29.4 Å². The summed E-state index contributed by atoms with van der Waals surface area (Å²) in [7, 11) is 0. The maximum atomic E-state index is 12.9. The molecule has 0 heterocycles. The molecule has 0 saturated carbocycles. The molecule has 1 aromatic rings. The number of carboxylic acids is 1. The van der Waals surface area contributed by atoms with E-state index in [2.05, 4.69) is 20.9 Å². The van der Waals surface area contributed by atoms with Crippen molar-refractivity contribution in [2.45, 2.75) is 51.2 Å². The van der Waals surface area contributed by atoms with Crippen molar-refractivity contribution in [2.75, 3.05) is 13.1 Å². The lowest BCUT2D eigenvalue weighted by atomic mass is 10.0. The van der Waals surface area contributed by atoms with E-state index in [0.717, 1.165) is 0 Å². The Kier molecular flexibility index (Phi) is 12.0. The zero-order valence-corrected chi connectivity index (χ0v) is 19.9. The number of rotatable bonds is 14. The van der Waals surface area contributed by atoms with Crippen LogP contribution < -0.4 is 33.2 Å². The van der Waals surface area contributed by atoms with Crippen molar-refractivity contribution in [1.29, 1.82) is 0 Å². The number of benzene rings is 1. The van der Waals surface area contributed by atoms with Gasteiger partial charge in [0.2, 0.25) is 17.7 Å². The van der Waals surface area contributed by atoms with Crippen molar-refractivity contribution in [3.05, 3.63) is 29.8 Å². The zero-order chi connectivity index (χ0) is 26.5. The third kappa shape index (κ3) is 11.2. The summed E-state index contributed by atoms with van der Waals surface area (Å²) in [6.07, 6.45) is 0.384. The Labute approximate surface area is 203 Å². The standard InChI is InChI=1S/C22H35N7O6/c1-12(2)18(23)20(33)27-11-17(31)28-15(4-3-9-26-22(24)25)19(32)29-16(21(34)35)10-13-5-7-14(30)8-6-13/h5-8,12,15-16,18,30H,3-4,9-11,23H2,1-2H3,(H,27,33)(H,28,31)(H,29,32)(H,34,35)(H4,24,25,26). The SMILES string of the molecule is CC(C)C(N)C(=O)NCC(=O)NC(CCCN=C(N)N)C(=O)NC(Cc1ccc(O)cc1)C(=O)O. The van der Waals surface area contributed by atoms with Crippen LogP contribution in [0.15, 0.2) is 29.3 Å². The van der Waals surface area contributed by atoms with Crippen LogP contribution in [0.1, 0.15) is 32.3 Å². The van der Waals surface area contributed by atoms with Crippen molar-refractivity contribution in [1.82, 2.24) is 16.0 Å². The van der Waals surface area contributed by atoms with E-state index in [1.807, 2.05) is 0 Å². The summed E-state index contributed by atoms with van der Waals surface area (Å²) in [5, 5.41) is 26.3. The topological polar surface area (TPSA) is 235 Å². The minimum Gasteiger partial charge on any atom is -0.508 e. The second kappa shape index (κ2) is 14.4. The van der Waals surface area contributed by atoms with Gasteiger partial charge in [-0.1, -0.05) is 26.0 Å². The lowest BCUT2D eigenvalue weighted by molar-refractivity contribution is -0.142. The lowest BCUT2D eigenvalue weighted by Gasteiger charge is -2.22. The molecule has 0 aliphatic heterocycles. The molecule has 0 spiro atoms. The lowest BCUT2D eigenvalue weighted by Crippen LogP contribution is -2.54. The molecular weight excluding hydrogens is 458 g/mol. The highest BCUT2D eigenvalue weighted by atomic mass is 16.4. The predicted molar refractivity (Wildman–Crippen MR) is 129 cm³/mol. The largest absolute Gasteiger partial charge is 0.508 e. The van der Waals surface area contributed by atoms with Gasteiger partial charge >= 0.3 is 5.97 Å². The molecule has 0 aromatic heterocycles. The van der Waals surface area contributed by atoms with Gasteiger partial charge in [0.15, 0.2) is 5.96 Å². The molecule has 0 aliphatic carbocycles. The second-order valence-electron chi connectivity index (χ2n) is 8.33. The maximum absolute atomic E-state index is 12.9. The molecule has 0 aliphatic rings. The Bertz CT molecular complexity index is 900. The van der Waals surface area contributed by atoms with Crippen LogP contribution in [0, 0.1) is 5.92 Å². The highest BCUT2D eigenvalue weighted by Crippen LogP contribution is 2.12. The van der Waals surface area contributed by atoms with Crippen LogP contribution in [0.2, 0.25) is 0 Å². The molecule has 0 fully saturated rings. The highest BCUT2D eigenvalue weighted by molar-refractivity contribution is 5.92. The molecule has 0 saturated heterocycles. The molecule has 1 aromatic carbocycles. The van der Waals surface area contributed by atoms with E-state index < -0.39 is 48.4 Å². The molecule has 11 N–H and O–H groups in total. The van der Waals surface area contributed by atoms with Gasteiger partial charge < -0.3 is 43.4 Å². The first kappa shape index (κ1) is 29.2. The molecule has 35 heavy (non-hydrogen) atoms. The fraction of sp³-hybridized carbons (Fsp3) is 0.500. The fourth-order valence-corrected chi connectivity index (χ4v) is 2.95. The second-order valence-corrected chi connectivity index (χ2v) is 8.33. The number of nitrogens with two attached hydrogens (primary N) is 3. The van der Waals surface area contributed by atoms with E-state index in [-0.39, 0.29) is 37.0 Å². The van der Waals surface area contributed by atoms with Crippen LogP contribution in [0.3, 0.4) is 0 Å². The highest BCUT2D eigenvalue weighted by Gasteiger charge is 2.27. The van der Waals surface area contributed by atoms with Crippen molar-refractivity contribution >= 4 is 29.7 Å². The Hall–Kier alpha value is -3.87. The predicted octanol–water partition coefficient (Wildman–Crippen LogP) is -1.86. The van der Waals surface area contributed by atoms with Gasteiger partial charge in [-0.3, -0.25) is 19.4 Å². The van der Waals surface area contributed by atoms with Crippen molar-refractivity contribution < 1.29 is 29.4 Å². The van der Waals surface area contributed by atoms with Gasteiger partial charge in [0.05, 0.1) is 12.6 Å². The number of aromatic hydroxyl groups is 1. The summed E-state index contributed by atoms with van der Waals surface area (Å²) in [5.41, 5.74) is 16.9. The number of guanidine groups is 1. The van der Waals surface area contributed by atoms with Crippen molar-refractivity contribution in [3.63, 3.8) is 0 Å². The quantitative estimate of drug-likeness (QED) is 0.0823. The van der Waals surface area contributed by atoms with E-state index in [0.29, 0.717) is 12.0 Å². The summed E-state index contributed by atoms with van der Waals surface area (Å²) in [4.78, 5) is 52.8. The summed E-state index contributed by atoms with van der Waals surface area (Å²) < 4.78 is 0. The fourth-order valence-electron chi connectivity index (χ4n) is 2.95. The van der Waals surface area contributed by atoms with Crippen LogP contribution in [0.5, 0.6) is 5.75 Å². The third-order valence-corrected chi connectivity index (χ3v) is 5.03. The minimum atomic E-state index is -1.28. The minimum absolute atomic E-state index is 0.0228. The van der Waals surface area contributed by atoms with Crippen LogP contribution in [0.25, 0.3) is 0 Å².